The van der Waals surface area contributed by atoms with Crippen molar-refractivity contribution in [2.24, 2.45) is 5.92 Å². The van der Waals surface area contributed by atoms with Crippen molar-refractivity contribution in [1.29, 1.82) is 0 Å². The van der Waals surface area contributed by atoms with Crippen LogP contribution in [0.4, 0.5) is 0 Å². The summed E-state index contributed by atoms with van der Waals surface area (Å²) in [6, 6.07) is 0. The van der Waals surface area contributed by atoms with Gasteiger partial charge in [-0.25, -0.2) is 0 Å². The number of aliphatic hydroxyl groups is 1. The third-order valence-electron chi connectivity index (χ3n) is 2.13. The fraction of sp³-hybridized carbons (Fsp3) is 0.750. The van der Waals surface area contributed by atoms with Crippen LogP contribution in [-0.4, -0.2) is 20.1 Å². The van der Waals surface area contributed by atoms with E-state index in [4.69, 9.17) is 0 Å². The average Bonchev–Trinajstić information content (AvgIpc) is 2.66. The summed E-state index contributed by atoms with van der Waals surface area (Å²) in [6.07, 6.45) is 3.94. The van der Waals surface area contributed by atoms with Crippen LogP contribution in [0.25, 0.3) is 0 Å². The molecule has 0 spiro atoms. The molecule has 4 nitrogen and oxygen atoms in total. The number of aromatic nitrogens is 3. The van der Waals surface area contributed by atoms with Gasteiger partial charge in [0.2, 0.25) is 0 Å². The molecule has 1 aromatic heterocycles. The van der Waals surface area contributed by atoms with Crippen LogP contribution in [0.15, 0.2) is 6.20 Å². The van der Waals surface area contributed by atoms with E-state index in [-0.39, 0.29) is 0 Å². The molecule has 0 aromatic carbocycles. The zero-order valence-corrected chi connectivity index (χ0v) is 7.14. The van der Waals surface area contributed by atoms with Crippen LogP contribution in [0.3, 0.4) is 0 Å². The van der Waals surface area contributed by atoms with E-state index in [0.29, 0.717) is 5.69 Å². The molecule has 1 aromatic rings. The molecule has 1 fully saturated rings. The Kier molecular flexibility index (Phi) is 1.84. The van der Waals surface area contributed by atoms with Crippen LogP contribution in [0, 0.1) is 5.92 Å². The van der Waals surface area contributed by atoms with Crippen molar-refractivity contribution in [2.45, 2.75) is 32.4 Å². The second-order valence-electron chi connectivity index (χ2n) is 3.48. The lowest BCUT2D eigenvalue weighted by Crippen LogP contribution is -1.99. The zero-order valence-electron chi connectivity index (χ0n) is 7.14. The smallest absolute Gasteiger partial charge is 0.111 e. The minimum atomic E-state index is -0.502. The third kappa shape index (κ3) is 1.64. The van der Waals surface area contributed by atoms with Gasteiger partial charge in [0.1, 0.15) is 5.69 Å². The van der Waals surface area contributed by atoms with E-state index in [0.717, 1.165) is 12.5 Å². The lowest BCUT2D eigenvalue weighted by Gasteiger charge is -1.96. The highest BCUT2D eigenvalue weighted by atomic mass is 16.3. The summed E-state index contributed by atoms with van der Waals surface area (Å²) in [7, 11) is 0. The Hall–Kier alpha value is -0.900. The van der Waals surface area contributed by atoms with E-state index >= 15 is 0 Å². The highest BCUT2D eigenvalue weighted by Gasteiger charge is 2.22. The number of aliphatic hydroxyl groups excluding tert-OH is 1. The first-order chi connectivity index (χ1) is 5.75. The van der Waals surface area contributed by atoms with Gasteiger partial charge in [-0.3, -0.25) is 4.68 Å². The van der Waals surface area contributed by atoms with E-state index in [2.05, 4.69) is 10.3 Å². The van der Waals surface area contributed by atoms with Crippen molar-refractivity contribution in [3.05, 3.63) is 11.9 Å². The van der Waals surface area contributed by atoms with E-state index in [1.165, 1.54) is 12.8 Å². The Bertz CT molecular complexity index is 265. The van der Waals surface area contributed by atoms with Gasteiger partial charge in [-0.15, -0.1) is 5.10 Å². The monoisotopic (exact) mass is 167 g/mol. The Morgan fingerprint density at radius 2 is 2.50 bits per heavy atom. The fourth-order valence-corrected chi connectivity index (χ4v) is 1.16. The van der Waals surface area contributed by atoms with Gasteiger partial charge < -0.3 is 5.11 Å². The van der Waals surface area contributed by atoms with Gasteiger partial charge in [-0.05, 0) is 25.7 Å². The molecule has 0 aliphatic heterocycles. The first-order valence-corrected chi connectivity index (χ1v) is 4.34. The quantitative estimate of drug-likeness (QED) is 0.722. The summed E-state index contributed by atoms with van der Waals surface area (Å²) in [4.78, 5) is 0. The fourth-order valence-electron chi connectivity index (χ4n) is 1.16. The molecular weight excluding hydrogens is 154 g/mol. The molecule has 1 saturated carbocycles. The molecule has 0 amide bonds. The minimum Gasteiger partial charge on any atom is -0.387 e. The molecule has 1 N–H and O–H groups in total. The van der Waals surface area contributed by atoms with Crippen molar-refractivity contribution in [3.63, 3.8) is 0 Å². The Balaban J connectivity index is 2.02. The van der Waals surface area contributed by atoms with Gasteiger partial charge in [0.15, 0.2) is 0 Å². The van der Waals surface area contributed by atoms with Crippen LogP contribution in [-0.2, 0) is 6.54 Å². The minimum absolute atomic E-state index is 0.502. The van der Waals surface area contributed by atoms with Crippen molar-refractivity contribution in [3.8, 4) is 0 Å². The van der Waals surface area contributed by atoms with Crippen molar-refractivity contribution in [2.75, 3.05) is 0 Å². The Labute approximate surface area is 71.2 Å². The zero-order chi connectivity index (χ0) is 8.55. The molecule has 12 heavy (non-hydrogen) atoms. The standard InChI is InChI=1S/C8H13N3O/c1-6(12)8-5-11(10-9-8)4-7-2-3-7/h5-7,12H,2-4H2,1H3/t6-/m1/s1. The van der Waals surface area contributed by atoms with E-state index < -0.39 is 6.10 Å². The molecule has 0 unspecified atom stereocenters. The van der Waals surface area contributed by atoms with Crippen LogP contribution in [0.2, 0.25) is 0 Å². The first-order valence-electron chi connectivity index (χ1n) is 4.34. The second-order valence-corrected chi connectivity index (χ2v) is 3.48. The first kappa shape index (κ1) is 7.73. The molecule has 2 rings (SSSR count). The maximum Gasteiger partial charge on any atom is 0.111 e. The molecule has 4 heteroatoms. The van der Waals surface area contributed by atoms with E-state index in [1.807, 2.05) is 10.9 Å². The number of hydrogen-bond donors (Lipinski definition) is 1. The summed E-state index contributed by atoms with van der Waals surface area (Å²) in [5, 5.41) is 17.0. The van der Waals surface area contributed by atoms with E-state index in [1.54, 1.807) is 6.92 Å². The van der Waals surface area contributed by atoms with Crippen molar-refractivity contribution in [1.82, 2.24) is 15.0 Å². The Morgan fingerprint density at radius 3 is 3.00 bits per heavy atom. The lowest BCUT2D eigenvalue weighted by atomic mass is 10.3. The molecule has 0 saturated heterocycles. The summed E-state index contributed by atoms with van der Waals surface area (Å²) in [6.45, 7) is 2.66. The summed E-state index contributed by atoms with van der Waals surface area (Å²) >= 11 is 0. The molecule has 1 heterocycles. The average molecular weight is 167 g/mol. The molecular formula is C8H13N3O. The molecule has 0 radical (unpaired) electrons. The van der Waals surface area contributed by atoms with Gasteiger partial charge in [0, 0.05) is 6.54 Å². The summed E-state index contributed by atoms with van der Waals surface area (Å²) in [5.74, 6) is 0.800. The van der Waals surface area contributed by atoms with Crippen LogP contribution in [0.1, 0.15) is 31.6 Å². The van der Waals surface area contributed by atoms with Gasteiger partial charge in [0.05, 0.1) is 12.3 Å². The SMILES string of the molecule is C[C@@H](O)c1cn(CC2CC2)nn1. The maximum absolute atomic E-state index is 9.17. The molecule has 66 valence electrons. The molecule has 1 aliphatic rings. The highest BCUT2D eigenvalue weighted by molar-refractivity contribution is 4.95. The third-order valence-corrected chi connectivity index (χ3v) is 2.13. The molecule has 1 atom stereocenters. The largest absolute Gasteiger partial charge is 0.387 e. The van der Waals surface area contributed by atoms with Gasteiger partial charge >= 0.3 is 0 Å². The topological polar surface area (TPSA) is 50.9 Å². The van der Waals surface area contributed by atoms with Crippen LogP contribution in [0.5, 0.6) is 0 Å². The number of rotatable bonds is 3. The van der Waals surface area contributed by atoms with Crippen LogP contribution < -0.4 is 0 Å². The van der Waals surface area contributed by atoms with Crippen molar-refractivity contribution >= 4 is 0 Å². The highest BCUT2D eigenvalue weighted by Crippen LogP contribution is 2.30. The van der Waals surface area contributed by atoms with Gasteiger partial charge in [-0.1, -0.05) is 5.21 Å². The normalized spacial score (nSPS) is 19.5. The lowest BCUT2D eigenvalue weighted by molar-refractivity contribution is 0.194. The van der Waals surface area contributed by atoms with Gasteiger partial charge in [-0.2, -0.15) is 0 Å². The van der Waals surface area contributed by atoms with E-state index in [9.17, 15) is 5.11 Å². The number of nitrogens with zero attached hydrogens (tertiary/aromatic N) is 3. The maximum atomic E-state index is 9.17. The van der Waals surface area contributed by atoms with Crippen LogP contribution >= 0.6 is 0 Å². The predicted molar refractivity (Wildman–Crippen MR) is 43.4 cm³/mol. The summed E-state index contributed by atoms with van der Waals surface area (Å²) in [5.41, 5.74) is 0.663. The summed E-state index contributed by atoms with van der Waals surface area (Å²) < 4.78 is 1.82. The second kappa shape index (κ2) is 2.86. The van der Waals surface area contributed by atoms with Gasteiger partial charge in [0.25, 0.3) is 0 Å². The molecule has 1 aliphatic carbocycles. The predicted octanol–water partition coefficient (Wildman–Crippen LogP) is 0.741. The molecule has 0 bridgehead atoms. The van der Waals surface area contributed by atoms with Crippen molar-refractivity contribution < 1.29 is 5.11 Å². The Morgan fingerprint density at radius 1 is 1.75 bits per heavy atom. The number of hydrogen-bond acceptors (Lipinski definition) is 3.